The number of benzene rings is 4. The number of aromatic nitrogens is 1. The van der Waals surface area contributed by atoms with Crippen LogP contribution < -0.4 is 0 Å². The minimum atomic E-state index is -0.207. The molecule has 0 radical (unpaired) electrons. The molecular weight excluding hydrogens is 605 g/mol. The molecule has 0 aliphatic rings. The van der Waals surface area contributed by atoms with Gasteiger partial charge in [-0.3, -0.25) is 4.99 Å². The lowest BCUT2D eigenvalue weighted by Crippen LogP contribution is -2.17. The number of hydrogen-bond donors (Lipinski definition) is 1. The molecule has 0 saturated heterocycles. The Balaban J connectivity index is 1.69. The fourth-order valence-electron chi connectivity index (χ4n) is 5.96. The second-order valence-electron chi connectivity index (χ2n) is 17.1. The molecule has 4 aromatic carbocycles. The maximum absolute atomic E-state index is 11.4. The van der Waals surface area contributed by atoms with Crippen LogP contribution in [0, 0.1) is 0 Å². The lowest BCUT2D eigenvalue weighted by atomic mass is 9.79. The molecule has 0 aliphatic carbocycles. The summed E-state index contributed by atoms with van der Waals surface area (Å²) >= 11 is 1.73. The van der Waals surface area contributed by atoms with E-state index in [0.717, 1.165) is 32.9 Å². The van der Waals surface area contributed by atoms with E-state index in [1.165, 1.54) is 38.1 Å². The minimum absolute atomic E-state index is 0.0126. The van der Waals surface area contributed by atoms with Gasteiger partial charge in [0.05, 0.1) is 15.9 Å². The first-order valence-electron chi connectivity index (χ1n) is 17.4. The normalized spacial score (nSPS) is 13.1. The quantitative estimate of drug-likeness (QED) is 0.185. The van der Waals surface area contributed by atoms with Crippen LogP contribution in [0.4, 0.5) is 5.69 Å². The first-order chi connectivity index (χ1) is 22.2. The number of fused-ring (bicyclic) bond motifs is 1. The second-order valence-corrected chi connectivity index (χ2v) is 18.1. The Morgan fingerprint density at radius 2 is 1.27 bits per heavy atom. The molecule has 4 heteroatoms. The summed E-state index contributed by atoms with van der Waals surface area (Å²) in [6.45, 7) is 29.0. The third-order valence-corrected chi connectivity index (χ3v) is 10.3. The van der Waals surface area contributed by atoms with E-state index in [4.69, 9.17) is 9.98 Å². The van der Waals surface area contributed by atoms with Crippen molar-refractivity contribution in [3.05, 3.63) is 100 Å². The average Bonchev–Trinajstić information content (AvgIpc) is 3.42. The van der Waals surface area contributed by atoms with Gasteiger partial charge in [-0.05, 0) is 86.2 Å². The van der Waals surface area contributed by atoms with Gasteiger partial charge in [0.25, 0.3) is 0 Å². The van der Waals surface area contributed by atoms with Gasteiger partial charge in [-0.25, -0.2) is 4.98 Å². The molecule has 1 heterocycles. The Morgan fingerprint density at radius 3 is 1.83 bits per heavy atom. The third kappa shape index (κ3) is 7.44. The molecular formula is C44H54N2OS. The summed E-state index contributed by atoms with van der Waals surface area (Å²) in [5.41, 5.74) is 11.8. The Labute approximate surface area is 293 Å². The zero-order valence-electron chi connectivity index (χ0n) is 31.3. The van der Waals surface area contributed by atoms with Crippen molar-refractivity contribution in [2.75, 3.05) is 0 Å². The van der Waals surface area contributed by atoms with Gasteiger partial charge >= 0.3 is 0 Å². The molecule has 0 atom stereocenters. The maximum atomic E-state index is 11.4. The predicted molar refractivity (Wildman–Crippen MR) is 210 cm³/mol. The molecule has 0 fully saturated rings. The average molecular weight is 659 g/mol. The maximum Gasteiger partial charge on any atom is 0.128 e. The van der Waals surface area contributed by atoms with Gasteiger partial charge in [-0.2, -0.15) is 0 Å². The highest BCUT2D eigenvalue weighted by molar-refractivity contribution is 7.21. The number of para-hydroxylation sites is 1. The topological polar surface area (TPSA) is 45.5 Å². The summed E-state index contributed by atoms with van der Waals surface area (Å²) in [6, 6.07) is 24.2. The van der Waals surface area contributed by atoms with Crippen LogP contribution in [0.15, 0.2) is 71.7 Å². The fraction of sp³-hybridized carbons (Fsp3) is 0.409. The third-order valence-electron chi connectivity index (χ3n) is 9.27. The summed E-state index contributed by atoms with van der Waals surface area (Å²) in [5.74, 6) is 1.16. The van der Waals surface area contributed by atoms with E-state index in [1.807, 2.05) is 18.3 Å². The SMILES string of the molecule is CC(C)c1cc(-c2cc(C(C)(C)C)cc3sc(-c4ccccc4N=Cc4cc(C(C)(C)C)cc(C(C)(C)C)c4O)nc23)cc(C(C)C)c1. The van der Waals surface area contributed by atoms with Crippen LogP contribution in [0.5, 0.6) is 5.75 Å². The standard InChI is InChI=1S/C44H54N2OS/c1-26(2)28-18-29(27(3)4)20-30(19-28)35-22-33(43(8,9)10)24-38-39(35)46-41(48-38)34-16-14-15-17-37(34)45-25-31-21-32(42(5,6)7)23-36(40(31)47)44(11,12)13/h14-27,47H,1-13H3. The summed E-state index contributed by atoms with van der Waals surface area (Å²) in [7, 11) is 0. The highest BCUT2D eigenvalue weighted by Crippen LogP contribution is 2.43. The first kappa shape index (κ1) is 35.5. The zero-order chi connectivity index (χ0) is 35.3. The highest BCUT2D eigenvalue weighted by atomic mass is 32.1. The van der Waals surface area contributed by atoms with E-state index in [1.54, 1.807) is 11.3 Å². The largest absolute Gasteiger partial charge is 0.507 e. The molecule has 0 amide bonds. The Morgan fingerprint density at radius 1 is 0.688 bits per heavy atom. The van der Waals surface area contributed by atoms with Gasteiger partial charge in [0.2, 0.25) is 0 Å². The van der Waals surface area contributed by atoms with Crippen molar-refractivity contribution in [2.45, 2.75) is 118 Å². The van der Waals surface area contributed by atoms with Gasteiger partial charge in [0.1, 0.15) is 10.8 Å². The molecule has 252 valence electrons. The number of aromatic hydroxyl groups is 1. The number of phenols is 1. The lowest BCUT2D eigenvalue weighted by molar-refractivity contribution is 0.444. The zero-order valence-corrected chi connectivity index (χ0v) is 32.1. The van der Waals surface area contributed by atoms with E-state index in [2.05, 4.69) is 145 Å². The molecule has 0 aliphatic heterocycles. The summed E-state index contributed by atoms with van der Waals surface area (Å²) < 4.78 is 1.18. The van der Waals surface area contributed by atoms with E-state index in [0.29, 0.717) is 17.6 Å². The molecule has 5 aromatic rings. The van der Waals surface area contributed by atoms with Crippen LogP contribution in [0.25, 0.3) is 31.9 Å². The first-order valence-corrected chi connectivity index (χ1v) is 18.2. The van der Waals surface area contributed by atoms with E-state index >= 15 is 0 Å². The summed E-state index contributed by atoms with van der Waals surface area (Å²) in [4.78, 5) is 10.4. The number of hydrogen-bond acceptors (Lipinski definition) is 4. The Kier molecular flexibility index (Phi) is 9.58. The van der Waals surface area contributed by atoms with Crippen LogP contribution >= 0.6 is 11.3 Å². The van der Waals surface area contributed by atoms with Crippen LogP contribution in [0.3, 0.4) is 0 Å². The van der Waals surface area contributed by atoms with Crippen molar-refractivity contribution < 1.29 is 5.11 Å². The number of thiazole rings is 1. The van der Waals surface area contributed by atoms with Gasteiger partial charge < -0.3 is 5.11 Å². The number of aliphatic imine (C=N–C) groups is 1. The Hall–Kier alpha value is -3.76. The molecule has 1 N–H and O–H groups in total. The lowest BCUT2D eigenvalue weighted by Gasteiger charge is -2.27. The van der Waals surface area contributed by atoms with Gasteiger partial charge in [0.15, 0.2) is 0 Å². The van der Waals surface area contributed by atoms with E-state index in [9.17, 15) is 5.11 Å². The predicted octanol–water partition coefficient (Wildman–Crippen LogP) is 13.2. The van der Waals surface area contributed by atoms with E-state index in [-0.39, 0.29) is 16.2 Å². The molecule has 1 aromatic heterocycles. The molecule has 3 nitrogen and oxygen atoms in total. The highest BCUT2D eigenvalue weighted by Gasteiger charge is 2.25. The number of nitrogens with zero attached hydrogens (tertiary/aromatic N) is 2. The van der Waals surface area contributed by atoms with Crippen molar-refractivity contribution in [3.63, 3.8) is 0 Å². The van der Waals surface area contributed by atoms with Gasteiger partial charge in [0, 0.05) is 28.5 Å². The molecule has 48 heavy (non-hydrogen) atoms. The van der Waals surface area contributed by atoms with Crippen molar-refractivity contribution >= 4 is 33.5 Å². The Bertz CT molecular complexity index is 1960. The molecule has 0 spiro atoms. The monoisotopic (exact) mass is 658 g/mol. The van der Waals surface area contributed by atoms with Crippen molar-refractivity contribution in [2.24, 2.45) is 4.99 Å². The number of rotatable bonds is 6. The van der Waals surface area contributed by atoms with Crippen molar-refractivity contribution in [1.29, 1.82) is 0 Å². The van der Waals surface area contributed by atoms with Gasteiger partial charge in [-0.15, -0.1) is 11.3 Å². The second kappa shape index (κ2) is 12.9. The van der Waals surface area contributed by atoms with Gasteiger partial charge in [-0.1, -0.05) is 126 Å². The molecule has 0 bridgehead atoms. The van der Waals surface area contributed by atoms with Crippen LogP contribution in [0.1, 0.15) is 135 Å². The molecule has 0 saturated carbocycles. The van der Waals surface area contributed by atoms with E-state index < -0.39 is 0 Å². The smallest absolute Gasteiger partial charge is 0.128 e. The van der Waals surface area contributed by atoms with Crippen LogP contribution in [-0.2, 0) is 16.2 Å². The minimum Gasteiger partial charge on any atom is -0.507 e. The van der Waals surface area contributed by atoms with Crippen molar-refractivity contribution in [3.8, 4) is 27.4 Å². The fourth-order valence-corrected chi connectivity index (χ4v) is 7.03. The number of phenolic OH excluding ortho intramolecular Hbond substituents is 1. The van der Waals surface area contributed by atoms with Crippen LogP contribution in [-0.4, -0.2) is 16.3 Å². The van der Waals surface area contributed by atoms with Crippen LogP contribution in [0.2, 0.25) is 0 Å². The molecule has 0 unspecified atom stereocenters. The van der Waals surface area contributed by atoms with Crippen molar-refractivity contribution in [1.82, 2.24) is 4.98 Å². The summed E-state index contributed by atoms with van der Waals surface area (Å²) in [5, 5.41) is 12.4. The molecule has 5 rings (SSSR count). The summed E-state index contributed by atoms with van der Waals surface area (Å²) in [6.07, 6.45) is 1.82.